The van der Waals surface area contributed by atoms with Crippen LogP contribution in [0.4, 0.5) is 0 Å². The number of hydrogen-bond acceptors (Lipinski definition) is 3. The number of aliphatic hydroxyl groups excluding tert-OH is 1. The molecule has 16 heavy (non-hydrogen) atoms. The van der Waals surface area contributed by atoms with Crippen molar-refractivity contribution >= 4 is 11.3 Å². The second-order valence-electron chi connectivity index (χ2n) is 4.25. The van der Waals surface area contributed by atoms with E-state index in [1.807, 2.05) is 0 Å². The summed E-state index contributed by atoms with van der Waals surface area (Å²) < 4.78 is 0. The molecule has 1 atom stereocenters. The van der Waals surface area contributed by atoms with Crippen LogP contribution in [-0.2, 0) is 6.42 Å². The van der Waals surface area contributed by atoms with Gasteiger partial charge in [0, 0.05) is 6.61 Å². The number of nitrogens with one attached hydrogen (secondary N) is 1. The van der Waals surface area contributed by atoms with Crippen molar-refractivity contribution in [2.24, 2.45) is 5.92 Å². The Labute approximate surface area is 103 Å². The molecule has 3 heteroatoms. The second kappa shape index (κ2) is 8.74. The lowest BCUT2D eigenvalue weighted by Gasteiger charge is -2.15. The summed E-state index contributed by atoms with van der Waals surface area (Å²) in [4.78, 5) is 0. The predicted octanol–water partition coefficient (Wildman–Crippen LogP) is 2.68. The van der Waals surface area contributed by atoms with Gasteiger partial charge < -0.3 is 10.4 Å². The van der Waals surface area contributed by atoms with Gasteiger partial charge in [0.2, 0.25) is 0 Å². The highest BCUT2D eigenvalue weighted by Gasteiger charge is 2.06. The van der Waals surface area contributed by atoms with Crippen LogP contribution in [0.2, 0.25) is 0 Å². The van der Waals surface area contributed by atoms with Crippen molar-refractivity contribution in [3.63, 3.8) is 0 Å². The molecule has 0 bridgehead atoms. The highest BCUT2D eigenvalue weighted by atomic mass is 32.1. The van der Waals surface area contributed by atoms with Crippen molar-refractivity contribution in [2.45, 2.75) is 32.6 Å². The Bertz CT molecular complexity index is 242. The van der Waals surface area contributed by atoms with Gasteiger partial charge in [0.05, 0.1) is 0 Å². The van der Waals surface area contributed by atoms with Crippen LogP contribution in [0, 0.1) is 5.92 Å². The van der Waals surface area contributed by atoms with E-state index in [0.717, 1.165) is 25.9 Å². The second-order valence-corrected chi connectivity index (χ2v) is 5.03. The van der Waals surface area contributed by atoms with E-state index in [-0.39, 0.29) is 0 Å². The van der Waals surface area contributed by atoms with Gasteiger partial charge >= 0.3 is 0 Å². The van der Waals surface area contributed by atoms with Crippen LogP contribution in [0.25, 0.3) is 0 Å². The Morgan fingerprint density at radius 2 is 2.31 bits per heavy atom. The van der Waals surface area contributed by atoms with Gasteiger partial charge in [-0.05, 0) is 60.7 Å². The Kier molecular flexibility index (Phi) is 7.47. The number of thiophene rings is 1. The molecule has 1 aromatic heterocycles. The van der Waals surface area contributed by atoms with E-state index in [4.69, 9.17) is 5.11 Å². The first-order valence-corrected chi connectivity index (χ1v) is 7.13. The lowest BCUT2D eigenvalue weighted by molar-refractivity contribution is 0.248. The van der Waals surface area contributed by atoms with Gasteiger partial charge in [0.15, 0.2) is 0 Å². The van der Waals surface area contributed by atoms with Crippen LogP contribution in [-0.4, -0.2) is 24.8 Å². The predicted molar refractivity (Wildman–Crippen MR) is 71.0 cm³/mol. The molecule has 1 heterocycles. The first-order chi connectivity index (χ1) is 7.86. The molecule has 0 saturated carbocycles. The molecule has 2 nitrogen and oxygen atoms in total. The zero-order chi connectivity index (χ0) is 11.6. The fourth-order valence-corrected chi connectivity index (χ4v) is 2.62. The maximum atomic E-state index is 8.94. The summed E-state index contributed by atoms with van der Waals surface area (Å²) in [5.41, 5.74) is 1.42. The van der Waals surface area contributed by atoms with Crippen molar-refractivity contribution in [1.29, 1.82) is 0 Å². The van der Waals surface area contributed by atoms with E-state index in [1.165, 1.54) is 18.4 Å². The molecule has 0 aliphatic rings. The van der Waals surface area contributed by atoms with Crippen molar-refractivity contribution < 1.29 is 5.11 Å². The highest BCUT2D eigenvalue weighted by molar-refractivity contribution is 7.07. The molecule has 0 aliphatic carbocycles. The van der Waals surface area contributed by atoms with Crippen molar-refractivity contribution in [2.75, 3.05) is 19.7 Å². The van der Waals surface area contributed by atoms with E-state index in [2.05, 4.69) is 29.1 Å². The van der Waals surface area contributed by atoms with Crippen LogP contribution in [0.15, 0.2) is 16.8 Å². The average molecular weight is 241 g/mol. The number of rotatable bonds is 9. The number of aliphatic hydroxyl groups is 1. The minimum absolute atomic E-state index is 0.316. The fraction of sp³-hybridized carbons (Fsp3) is 0.692. The first-order valence-electron chi connectivity index (χ1n) is 6.19. The first kappa shape index (κ1) is 13.7. The zero-order valence-corrected chi connectivity index (χ0v) is 10.9. The van der Waals surface area contributed by atoms with Gasteiger partial charge in [-0.25, -0.2) is 0 Å². The molecule has 0 aliphatic heterocycles. The van der Waals surface area contributed by atoms with Gasteiger partial charge in [-0.15, -0.1) is 0 Å². The molecule has 0 fully saturated rings. The molecule has 0 radical (unpaired) electrons. The lowest BCUT2D eigenvalue weighted by atomic mass is 10.0. The standard InChI is InChI=1S/C13H23NOS/c1-2-3-12(5-8-15)10-14-7-4-13-6-9-16-11-13/h6,9,11-12,14-15H,2-5,7-8,10H2,1H3. The van der Waals surface area contributed by atoms with Crippen LogP contribution < -0.4 is 5.32 Å². The lowest BCUT2D eigenvalue weighted by Crippen LogP contribution is -2.25. The Morgan fingerprint density at radius 3 is 2.94 bits per heavy atom. The van der Waals surface area contributed by atoms with Crippen LogP contribution in [0.5, 0.6) is 0 Å². The van der Waals surface area contributed by atoms with E-state index < -0.39 is 0 Å². The maximum absolute atomic E-state index is 8.94. The molecule has 1 unspecified atom stereocenters. The molecule has 0 spiro atoms. The molecule has 0 aromatic carbocycles. The summed E-state index contributed by atoms with van der Waals surface area (Å²) in [6.45, 7) is 4.60. The van der Waals surface area contributed by atoms with Gasteiger partial charge in [0.1, 0.15) is 0 Å². The summed E-state index contributed by atoms with van der Waals surface area (Å²) in [6, 6.07) is 2.18. The van der Waals surface area contributed by atoms with Gasteiger partial charge in [-0.1, -0.05) is 13.3 Å². The molecule has 0 amide bonds. The van der Waals surface area contributed by atoms with Crippen LogP contribution in [0.1, 0.15) is 31.7 Å². The van der Waals surface area contributed by atoms with E-state index in [0.29, 0.717) is 12.5 Å². The van der Waals surface area contributed by atoms with Gasteiger partial charge in [-0.2, -0.15) is 11.3 Å². The number of hydrogen-bond donors (Lipinski definition) is 2. The normalized spacial score (nSPS) is 12.9. The molecular formula is C13H23NOS. The Balaban J connectivity index is 2.08. The van der Waals surface area contributed by atoms with Crippen molar-refractivity contribution in [3.8, 4) is 0 Å². The molecule has 0 saturated heterocycles. The van der Waals surface area contributed by atoms with E-state index in [9.17, 15) is 0 Å². The summed E-state index contributed by atoms with van der Waals surface area (Å²) in [5, 5.41) is 16.8. The summed E-state index contributed by atoms with van der Waals surface area (Å²) in [5.74, 6) is 0.637. The monoisotopic (exact) mass is 241 g/mol. The highest BCUT2D eigenvalue weighted by Crippen LogP contribution is 2.09. The largest absolute Gasteiger partial charge is 0.396 e. The third kappa shape index (κ3) is 5.64. The molecule has 1 aromatic rings. The maximum Gasteiger partial charge on any atom is 0.0434 e. The molecule has 1 rings (SSSR count). The molecule has 2 N–H and O–H groups in total. The summed E-state index contributed by atoms with van der Waals surface area (Å²) >= 11 is 1.76. The van der Waals surface area contributed by atoms with Crippen molar-refractivity contribution in [3.05, 3.63) is 22.4 Å². The minimum Gasteiger partial charge on any atom is -0.396 e. The van der Waals surface area contributed by atoms with E-state index in [1.54, 1.807) is 11.3 Å². The zero-order valence-electron chi connectivity index (χ0n) is 10.1. The Hall–Kier alpha value is -0.380. The Morgan fingerprint density at radius 1 is 1.44 bits per heavy atom. The average Bonchev–Trinajstić information content (AvgIpc) is 2.78. The van der Waals surface area contributed by atoms with Gasteiger partial charge in [0.25, 0.3) is 0 Å². The minimum atomic E-state index is 0.316. The van der Waals surface area contributed by atoms with Crippen molar-refractivity contribution in [1.82, 2.24) is 5.32 Å². The third-order valence-electron chi connectivity index (χ3n) is 2.84. The van der Waals surface area contributed by atoms with Crippen LogP contribution >= 0.6 is 11.3 Å². The topological polar surface area (TPSA) is 32.3 Å². The van der Waals surface area contributed by atoms with E-state index >= 15 is 0 Å². The smallest absolute Gasteiger partial charge is 0.0434 e. The quantitative estimate of drug-likeness (QED) is 0.652. The third-order valence-corrected chi connectivity index (χ3v) is 3.57. The van der Waals surface area contributed by atoms with Crippen LogP contribution in [0.3, 0.4) is 0 Å². The molecule has 92 valence electrons. The summed E-state index contributed by atoms with van der Waals surface area (Å²) in [6.07, 6.45) is 4.46. The molecular weight excluding hydrogens is 218 g/mol. The summed E-state index contributed by atoms with van der Waals surface area (Å²) in [7, 11) is 0. The van der Waals surface area contributed by atoms with Gasteiger partial charge in [-0.3, -0.25) is 0 Å². The SMILES string of the molecule is CCCC(CCO)CNCCc1ccsc1. The fourth-order valence-electron chi connectivity index (χ4n) is 1.91.